The molecule has 90 valence electrons. The fraction of sp³-hybridized carbons (Fsp3) is 0.643. The van der Waals surface area contributed by atoms with Crippen LogP contribution in [0.5, 0.6) is 0 Å². The maximum Gasteiger partial charge on any atom is 0.0371 e. The fourth-order valence-corrected chi connectivity index (χ4v) is 1.75. The van der Waals surface area contributed by atoms with Gasteiger partial charge in [-0.05, 0) is 24.0 Å². The Balaban J connectivity index is 2.30. The highest BCUT2D eigenvalue weighted by molar-refractivity contribution is 5.40. The Bertz CT molecular complexity index is 280. The highest BCUT2D eigenvalue weighted by Crippen LogP contribution is 2.24. The predicted molar refractivity (Wildman–Crippen MR) is 70.6 cm³/mol. The number of anilines is 1. The minimum Gasteiger partial charge on any atom is -0.384 e. The van der Waals surface area contributed by atoms with Gasteiger partial charge in [0.05, 0.1) is 0 Å². The monoisotopic (exact) mass is 220 g/mol. The molecule has 0 saturated carbocycles. The number of pyridine rings is 1. The van der Waals surface area contributed by atoms with Gasteiger partial charge >= 0.3 is 0 Å². The minimum absolute atomic E-state index is 0.373. The molecule has 1 aromatic heterocycles. The van der Waals surface area contributed by atoms with Gasteiger partial charge in [-0.1, -0.05) is 40.0 Å². The standard InChI is InChI=1S/C14H24N2/c1-4-5-6-9-14(2,3)12-16-13-7-10-15-11-8-13/h7-8,10-11H,4-6,9,12H2,1-3H3,(H,15,16). The van der Waals surface area contributed by atoms with Crippen LogP contribution < -0.4 is 5.32 Å². The number of unbranched alkanes of at least 4 members (excludes halogenated alkanes) is 2. The summed E-state index contributed by atoms with van der Waals surface area (Å²) in [5.74, 6) is 0. The first-order chi connectivity index (χ1) is 7.64. The van der Waals surface area contributed by atoms with Crippen molar-refractivity contribution in [3.8, 4) is 0 Å². The third-order valence-corrected chi connectivity index (χ3v) is 2.91. The number of rotatable bonds is 7. The molecule has 0 unspecified atom stereocenters. The van der Waals surface area contributed by atoms with E-state index in [0.29, 0.717) is 5.41 Å². The Hall–Kier alpha value is -1.05. The van der Waals surface area contributed by atoms with E-state index < -0.39 is 0 Å². The maximum atomic E-state index is 4.01. The van der Waals surface area contributed by atoms with Gasteiger partial charge in [0.2, 0.25) is 0 Å². The number of nitrogens with zero attached hydrogens (tertiary/aromatic N) is 1. The van der Waals surface area contributed by atoms with E-state index in [1.165, 1.54) is 31.4 Å². The molecule has 0 fully saturated rings. The Morgan fingerprint density at radius 1 is 1.19 bits per heavy atom. The molecule has 0 aliphatic carbocycles. The fourth-order valence-electron chi connectivity index (χ4n) is 1.75. The topological polar surface area (TPSA) is 24.9 Å². The van der Waals surface area contributed by atoms with E-state index in [2.05, 4.69) is 31.1 Å². The van der Waals surface area contributed by atoms with Gasteiger partial charge in [0.15, 0.2) is 0 Å². The third-order valence-electron chi connectivity index (χ3n) is 2.91. The molecule has 2 heteroatoms. The summed E-state index contributed by atoms with van der Waals surface area (Å²) in [6.45, 7) is 7.94. The van der Waals surface area contributed by atoms with E-state index in [9.17, 15) is 0 Å². The van der Waals surface area contributed by atoms with E-state index in [-0.39, 0.29) is 0 Å². The molecule has 1 heterocycles. The molecule has 16 heavy (non-hydrogen) atoms. The quantitative estimate of drug-likeness (QED) is 0.700. The summed E-state index contributed by atoms with van der Waals surface area (Å²) in [4.78, 5) is 4.01. The summed E-state index contributed by atoms with van der Waals surface area (Å²) in [6.07, 6.45) is 8.92. The van der Waals surface area contributed by atoms with Gasteiger partial charge in [-0.25, -0.2) is 0 Å². The van der Waals surface area contributed by atoms with Gasteiger partial charge in [-0.2, -0.15) is 0 Å². The second-order valence-electron chi connectivity index (χ2n) is 5.21. The molecule has 0 aliphatic rings. The van der Waals surface area contributed by atoms with Crippen LogP contribution in [0.1, 0.15) is 46.5 Å². The molecule has 0 atom stereocenters. The van der Waals surface area contributed by atoms with Crippen molar-refractivity contribution < 1.29 is 0 Å². The van der Waals surface area contributed by atoms with Gasteiger partial charge in [-0.15, -0.1) is 0 Å². The van der Waals surface area contributed by atoms with Crippen LogP contribution in [0, 0.1) is 5.41 Å². The molecule has 1 N–H and O–H groups in total. The van der Waals surface area contributed by atoms with Crippen LogP contribution in [-0.2, 0) is 0 Å². The van der Waals surface area contributed by atoms with Gasteiger partial charge in [-0.3, -0.25) is 4.98 Å². The zero-order valence-corrected chi connectivity index (χ0v) is 10.8. The minimum atomic E-state index is 0.373. The van der Waals surface area contributed by atoms with Crippen LogP contribution in [-0.4, -0.2) is 11.5 Å². The first-order valence-corrected chi connectivity index (χ1v) is 6.28. The Kier molecular flexibility index (Phi) is 5.30. The lowest BCUT2D eigenvalue weighted by Gasteiger charge is -2.25. The van der Waals surface area contributed by atoms with E-state index >= 15 is 0 Å². The zero-order valence-electron chi connectivity index (χ0n) is 10.8. The Morgan fingerprint density at radius 3 is 2.50 bits per heavy atom. The van der Waals surface area contributed by atoms with Crippen molar-refractivity contribution in [3.05, 3.63) is 24.5 Å². The van der Waals surface area contributed by atoms with Gasteiger partial charge < -0.3 is 5.32 Å². The van der Waals surface area contributed by atoms with E-state index in [0.717, 1.165) is 6.54 Å². The number of aromatic nitrogens is 1. The summed E-state index contributed by atoms with van der Waals surface area (Å²) in [6, 6.07) is 4.03. The van der Waals surface area contributed by atoms with Crippen molar-refractivity contribution in [1.82, 2.24) is 4.98 Å². The van der Waals surface area contributed by atoms with Crippen molar-refractivity contribution >= 4 is 5.69 Å². The summed E-state index contributed by atoms with van der Waals surface area (Å²) >= 11 is 0. The second-order valence-corrected chi connectivity index (χ2v) is 5.21. The molecule has 1 aromatic rings. The largest absolute Gasteiger partial charge is 0.384 e. The summed E-state index contributed by atoms with van der Waals surface area (Å²) in [5, 5.41) is 3.47. The van der Waals surface area contributed by atoms with Gasteiger partial charge in [0.1, 0.15) is 0 Å². The molecule has 2 nitrogen and oxygen atoms in total. The molecule has 0 bridgehead atoms. The Labute approximate surface area is 99.5 Å². The van der Waals surface area contributed by atoms with Crippen molar-refractivity contribution in [2.24, 2.45) is 5.41 Å². The predicted octanol–water partition coefficient (Wildman–Crippen LogP) is 4.10. The molecule has 1 rings (SSSR count). The van der Waals surface area contributed by atoms with E-state index in [1.54, 1.807) is 0 Å². The molecule has 0 saturated heterocycles. The van der Waals surface area contributed by atoms with Crippen LogP contribution in [0.25, 0.3) is 0 Å². The Morgan fingerprint density at radius 2 is 1.88 bits per heavy atom. The molecular formula is C14H24N2. The van der Waals surface area contributed by atoms with Crippen molar-refractivity contribution in [2.75, 3.05) is 11.9 Å². The first kappa shape index (κ1) is 13.0. The average molecular weight is 220 g/mol. The summed E-state index contributed by atoms with van der Waals surface area (Å²) in [7, 11) is 0. The van der Waals surface area contributed by atoms with Gasteiger partial charge in [0.25, 0.3) is 0 Å². The number of nitrogens with one attached hydrogen (secondary N) is 1. The molecule has 0 radical (unpaired) electrons. The lowest BCUT2D eigenvalue weighted by molar-refractivity contribution is 0.342. The van der Waals surface area contributed by atoms with Gasteiger partial charge in [0, 0.05) is 24.6 Å². The smallest absolute Gasteiger partial charge is 0.0371 e. The molecule has 0 amide bonds. The zero-order chi connectivity index (χ0) is 11.9. The van der Waals surface area contributed by atoms with Crippen LogP contribution in [0.3, 0.4) is 0 Å². The lowest BCUT2D eigenvalue weighted by Crippen LogP contribution is -2.23. The highest BCUT2D eigenvalue weighted by Gasteiger charge is 2.16. The average Bonchev–Trinajstić information content (AvgIpc) is 2.28. The lowest BCUT2D eigenvalue weighted by atomic mass is 9.87. The molecule has 0 aromatic carbocycles. The van der Waals surface area contributed by atoms with Crippen LogP contribution in [0.4, 0.5) is 5.69 Å². The highest BCUT2D eigenvalue weighted by atomic mass is 14.9. The normalized spacial score (nSPS) is 11.4. The van der Waals surface area contributed by atoms with E-state index in [4.69, 9.17) is 0 Å². The van der Waals surface area contributed by atoms with Crippen molar-refractivity contribution in [2.45, 2.75) is 46.5 Å². The SMILES string of the molecule is CCCCCC(C)(C)CNc1ccncc1. The third kappa shape index (κ3) is 5.15. The second kappa shape index (κ2) is 6.51. The first-order valence-electron chi connectivity index (χ1n) is 6.28. The van der Waals surface area contributed by atoms with E-state index in [1.807, 2.05) is 24.5 Å². The molecule has 0 spiro atoms. The molecule has 0 aliphatic heterocycles. The van der Waals surface area contributed by atoms with Crippen LogP contribution >= 0.6 is 0 Å². The van der Waals surface area contributed by atoms with Crippen LogP contribution in [0.15, 0.2) is 24.5 Å². The summed E-state index contributed by atoms with van der Waals surface area (Å²) in [5.41, 5.74) is 1.54. The van der Waals surface area contributed by atoms with Crippen molar-refractivity contribution in [1.29, 1.82) is 0 Å². The number of hydrogen-bond donors (Lipinski definition) is 1. The van der Waals surface area contributed by atoms with Crippen molar-refractivity contribution in [3.63, 3.8) is 0 Å². The number of hydrogen-bond acceptors (Lipinski definition) is 2. The molecular weight excluding hydrogens is 196 g/mol. The summed E-state index contributed by atoms with van der Waals surface area (Å²) < 4.78 is 0. The van der Waals surface area contributed by atoms with Crippen LogP contribution in [0.2, 0.25) is 0 Å². The maximum absolute atomic E-state index is 4.01.